The number of quaternary nitrogens is 2. The van der Waals surface area contributed by atoms with Gasteiger partial charge >= 0.3 is 17.1 Å². The summed E-state index contributed by atoms with van der Waals surface area (Å²) in [5, 5.41) is 9.90. The van der Waals surface area contributed by atoms with Crippen LogP contribution >= 0.6 is 0 Å². The van der Waals surface area contributed by atoms with E-state index < -0.39 is 0 Å². The smallest absolute Gasteiger partial charge is 0.357 e. The van der Waals surface area contributed by atoms with Crippen molar-refractivity contribution in [3.8, 4) is 0 Å². The molecule has 0 aliphatic carbocycles. The van der Waals surface area contributed by atoms with Gasteiger partial charge in [-0.25, -0.2) is 0 Å². The van der Waals surface area contributed by atoms with Gasteiger partial charge in [0.15, 0.2) is 0 Å². The molecule has 6 heteroatoms. The molecule has 14 heavy (non-hydrogen) atoms. The van der Waals surface area contributed by atoms with Gasteiger partial charge in [0.1, 0.15) is 0 Å². The van der Waals surface area contributed by atoms with Crippen molar-refractivity contribution in [3.05, 3.63) is 0 Å². The summed E-state index contributed by atoms with van der Waals surface area (Å²) < 4.78 is 0. The van der Waals surface area contributed by atoms with Gasteiger partial charge in [-0.1, -0.05) is 0 Å². The van der Waals surface area contributed by atoms with Crippen LogP contribution in [0.15, 0.2) is 0 Å². The monoisotopic (exact) mass is 254 g/mol. The maximum absolute atomic E-state index is 3.75. The van der Waals surface area contributed by atoms with Gasteiger partial charge in [-0.05, 0) is 0 Å². The summed E-state index contributed by atoms with van der Waals surface area (Å²) in [5.74, 6) is 0. The Labute approximate surface area is 97.2 Å². The van der Waals surface area contributed by atoms with Crippen LogP contribution in [-0.2, 0) is 17.1 Å². The molecule has 0 saturated carbocycles. The van der Waals surface area contributed by atoms with Crippen molar-refractivity contribution in [3.63, 3.8) is 0 Å². The van der Waals surface area contributed by atoms with Crippen molar-refractivity contribution < 1.29 is 28.5 Å². The number of hydrogen-bond donors (Lipinski definition) is 5. The van der Waals surface area contributed by atoms with Gasteiger partial charge in [0.25, 0.3) is 0 Å². The first kappa shape index (κ1) is 16.7. The van der Waals surface area contributed by atoms with Crippen LogP contribution in [0, 0.1) is 0 Å². The molecule has 0 bridgehead atoms. The number of nitrogens with one attached hydrogen (secondary N) is 3. The van der Waals surface area contributed by atoms with Gasteiger partial charge in [0, 0.05) is 39.3 Å². The predicted molar refractivity (Wildman–Crippen MR) is 54.1 cm³/mol. The van der Waals surface area contributed by atoms with E-state index in [1.54, 1.807) is 0 Å². The van der Waals surface area contributed by atoms with Crippen molar-refractivity contribution >= 4 is 0 Å². The first-order valence-electron chi connectivity index (χ1n) is 5.12. The molecule has 0 aromatic heterocycles. The van der Waals surface area contributed by atoms with E-state index >= 15 is 0 Å². The Morgan fingerprint density at radius 3 is 1.14 bits per heavy atom. The fourth-order valence-electron chi connectivity index (χ4n) is 0.979. The zero-order valence-corrected chi connectivity index (χ0v) is 9.81. The van der Waals surface area contributed by atoms with Crippen molar-refractivity contribution in [2.24, 2.45) is 0 Å². The molecule has 0 atom stereocenters. The predicted octanol–water partition coefficient (Wildman–Crippen LogP) is -3.76. The van der Waals surface area contributed by atoms with Gasteiger partial charge < -0.3 is 27.4 Å². The first-order valence-corrected chi connectivity index (χ1v) is 5.12. The summed E-state index contributed by atoms with van der Waals surface area (Å²) in [4.78, 5) is 0. The van der Waals surface area contributed by atoms with E-state index in [1.807, 2.05) is 0 Å². The van der Waals surface area contributed by atoms with Crippen LogP contribution in [0.4, 0.5) is 0 Å². The molecule has 0 aliphatic heterocycles. The Morgan fingerprint density at radius 1 is 0.571 bits per heavy atom. The van der Waals surface area contributed by atoms with E-state index in [0.717, 1.165) is 52.4 Å². The van der Waals surface area contributed by atoms with E-state index in [9.17, 15) is 0 Å². The normalized spacial score (nSPS) is 9.86. The standard InChI is InChI=1S/C8H23N5.Cu/c9-1-3-11-5-7-13-8-6-12-4-2-10;/h11-13H,1-10H2;/q;+2/p+2. The average molecular weight is 255 g/mol. The van der Waals surface area contributed by atoms with Crippen LogP contribution < -0.4 is 27.4 Å². The topological polar surface area (TPSA) is 91.4 Å². The summed E-state index contributed by atoms with van der Waals surface area (Å²) >= 11 is 0. The second-order valence-corrected chi connectivity index (χ2v) is 2.96. The first-order chi connectivity index (χ1) is 6.41. The second kappa shape index (κ2) is 15.8. The van der Waals surface area contributed by atoms with Gasteiger partial charge in [0.05, 0.1) is 13.1 Å². The SMILES string of the molecule is [Cu+2].[NH3+]CCNCCNCCNCC[NH3+]. The molecule has 0 unspecified atom stereocenters. The summed E-state index contributed by atoms with van der Waals surface area (Å²) in [6.45, 7) is 8.09. The Bertz CT molecular complexity index is 83.8. The van der Waals surface area contributed by atoms with E-state index in [0.29, 0.717) is 0 Å². The molecular weight excluding hydrogens is 230 g/mol. The second-order valence-electron chi connectivity index (χ2n) is 2.96. The molecule has 0 spiro atoms. The Morgan fingerprint density at radius 2 is 0.857 bits per heavy atom. The summed E-state index contributed by atoms with van der Waals surface area (Å²) in [7, 11) is 0. The maximum atomic E-state index is 3.75. The van der Waals surface area contributed by atoms with Gasteiger partial charge in [-0.3, -0.25) is 0 Å². The Balaban J connectivity index is 0. The maximum Gasteiger partial charge on any atom is 2.00 e. The van der Waals surface area contributed by atoms with Crippen LogP contribution in [0.1, 0.15) is 0 Å². The van der Waals surface area contributed by atoms with Gasteiger partial charge in [-0.15, -0.1) is 0 Å². The van der Waals surface area contributed by atoms with Gasteiger partial charge in [-0.2, -0.15) is 0 Å². The molecule has 0 rings (SSSR count). The van der Waals surface area contributed by atoms with Crippen LogP contribution in [0.3, 0.4) is 0 Å². The van der Waals surface area contributed by atoms with Crippen molar-refractivity contribution in [1.82, 2.24) is 16.0 Å². The molecule has 9 N–H and O–H groups in total. The molecule has 0 aromatic carbocycles. The minimum Gasteiger partial charge on any atom is -0.357 e. The van der Waals surface area contributed by atoms with Gasteiger partial charge in [0.2, 0.25) is 0 Å². The third-order valence-electron chi connectivity index (χ3n) is 1.66. The van der Waals surface area contributed by atoms with Crippen molar-refractivity contribution in [2.75, 3.05) is 52.4 Å². The molecule has 0 saturated heterocycles. The van der Waals surface area contributed by atoms with E-state index in [4.69, 9.17) is 0 Å². The number of rotatable bonds is 10. The van der Waals surface area contributed by atoms with Crippen LogP contribution in [0.25, 0.3) is 0 Å². The molecule has 0 fully saturated rings. The third kappa shape index (κ3) is 14.8. The molecule has 89 valence electrons. The molecule has 0 aliphatic rings. The molecular formula is C8H25CuN5+4. The summed E-state index contributed by atoms with van der Waals surface area (Å²) in [6, 6.07) is 0. The molecule has 0 aromatic rings. The molecule has 0 amide bonds. The van der Waals surface area contributed by atoms with Crippen LogP contribution in [0.5, 0.6) is 0 Å². The number of hydrogen-bond acceptors (Lipinski definition) is 3. The van der Waals surface area contributed by atoms with Crippen molar-refractivity contribution in [2.45, 2.75) is 0 Å². The molecule has 5 nitrogen and oxygen atoms in total. The van der Waals surface area contributed by atoms with E-state index in [1.165, 1.54) is 0 Å². The third-order valence-corrected chi connectivity index (χ3v) is 1.66. The summed E-state index contributed by atoms with van der Waals surface area (Å²) in [5.41, 5.74) is 7.51. The quantitative estimate of drug-likeness (QED) is 0.205. The largest absolute Gasteiger partial charge is 2.00 e. The van der Waals surface area contributed by atoms with E-state index in [-0.39, 0.29) is 17.1 Å². The summed E-state index contributed by atoms with van der Waals surface area (Å²) in [6.07, 6.45) is 0. The zero-order valence-electron chi connectivity index (χ0n) is 8.87. The van der Waals surface area contributed by atoms with Crippen LogP contribution in [0.2, 0.25) is 0 Å². The molecule has 1 radical (unpaired) electrons. The fraction of sp³-hybridized carbons (Fsp3) is 1.00. The minimum atomic E-state index is 0. The Kier molecular flexibility index (Phi) is 18.9. The Hall–Kier alpha value is 0.319. The average Bonchev–Trinajstić information content (AvgIpc) is 2.16. The van der Waals surface area contributed by atoms with Crippen LogP contribution in [-0.4, -0.2) is 52.4 Å². The fourth-order valence-corrected chi connectivity index (χ4v) is 0.979. The zero-order chi connectivity index (χ0) is 9.78. The minimum absolute atomic E-state index is 0. The van der Waals surface area contributed by atoms with Crippen molar-refractivity contribution in [1.29, 1.82) is 0 Å². The molecule has 0 heterocycles. The van der Waals surface area contributed by atoms with E-state index in [2.05, 4.69) is 27.4 Å².